The van der Waals surface area contributed by atoms with E-state index in [1.807, 2.05) is 42.6 Å². The number of aliphatic hydroxyl groups is 1. The average molecular weight is 597 g/mol. The van der Waals surface area contributed by atoms with Crippen molar-refractivity contribution in [3.63, 3.8) is 0 Å². The molecule has 6 rings (SSSR count). The second-order valence-electron chi connectivity index (χ2n) is 11.6. The molecule has 0 radical (unpaired) electrons. The van der Waals surface area contributed by atoms with Crippen LogP contribution < -0.4 is 10.1 Å². The van der Waals surface area contributed by atoms with Crippen LogP contribution >= 0.6 is 11.6 Å². The molecule has 3 N–H and O–H groups in total. The summed E-state index contributed by atoms with van der Waals surface area (Å²) in [6.45, 7) is 3.17. The summed E-state index contributed by atoms with van der Waals surface area (Å²) in [5.74, 6) is -0.0140. The van der Waals surface area contributed by atoms with Gasteiger partial charge in [-0.3, -0.25) is 0 Å². The van der Waals surface area contributed by atoms with Crippen molar-refractivity contribution in [2.24, 2.45) is 0 Å². The van der Waals surface area contributed by atoms with Gasteiger partial charge in [0.05, 0.1) is 17.2 Å². The number of hydrogen-bond acceptors (Lipinski definition) is 5. The summed E-state index contributed by atoms with van der Waals surface area (Å²) >= 11 is 6.06. The number of carbonyl (C=O) groups is 1. The van der Waals surface area contributed by atoms with Gasteiger partial charge in [-0.05, 0) is 109 Å². The van der Waals surface area contributed by atoms with Gasteiger partial charge in [0, 0.05) is 30.2 Å². The topological polar surface area (TPSA) is 82.0 Å². The number of carboxylic acid groups (broad SMARTS) is 1. The Morgan fingerprint density at radius 1 is 1.02 bits per heavy atom. The number of nitrogens with one attached hydrogen (secondary N) is 1. The Balaban J connectivity index is 1.16. The number of halogens is 1. The summed E-state index contributed by atoms with van der Waals surface area (Å²) in [5, 5.41) is 24.6. The largest absolute Gasteiger partial charge is 0.490 e. The molecule has 3 aromatic rings. The Bertz CT molecular complexity index is 1550. The number of likely N-dealkylation sites (tertiary alicyclic amines) is 1. The molecule has 3 aromatic carbocycles. The highest BCUT2D eigenvalue weighted by molar-refractivity contribution is 6.30. The number of aryl methyl sites for hydroxylation is 2. The lowest BCUT2D eigenvalue weighted by Gasteiger charge is -2.38. The molecule has 3 aliphatic heterocycles. The lowest BCUT2D eigenvalue weighted by molar-refractivity contribution is -0.0254. The van der Waals surface area contributed by atoms with E-state index in [0.717, 1.165) is 61.3 Å². The number of dihydropyridines is 1. The molecule has 43 heavy (non-hydrogen) atoms. The summed E-state index contributed by atoms with van der Waals surface area (Å²) in [7, 11) is 0. The van der Waals surface area contributed by atoms with Crippen LogP contribution in [0.15, 0.2) is 96.7 Å². The van der Waals surface area contributed by atoms with Crippen molar-refractivity contribution >= 4 is 23.1 Å². The first kappa shape index (κ1) is 29.2. The average Bonchev–Trinajstić information content (AvgIpc) is 3.18. The summed E-state index contributed by atoms with van der Waals surface area (Å²) in [6, 6.07) is 21.3. The molecule has 7 heteroatoms. The van der Waals surface area contributed by atoms with Gasteiger partial charge < -0.3 is 25.2 Å². The molecule has 1 fully saturated rings. The van der Waals surface area contributed by atoms with Crippen molar-refractivity contribution in [2.75, 3.05) is 26.2 Å². The second kappa shape index (κ2) is 12.8. The van der Waals surface area contributed by atoms with Gasteiger partial charge in [-0.1, -0.05) is 54.1 Å². The van der Waals surface area contributed by atoms with Gasteiger partial charge in [0.1, 0.15) is 12.4 Å². The zero-order chi connectivity index (χ0) is 29.8. The summed E-state index contributed by atoms with van der Waals surface area (Å²) < 4.78 is 6.29. The van der Waals surface area contributed by atoms with Gasteiger partial charge in [-0.15, -0.1) is 0 Å². The molecule has 3 heterocycles. The Labute approximate surface area is 258 Å². The number of benzene rings is 3. The minimum absolute atomic E-state index is 0.0872. The Morgan fingerprint density at radius 2 is 1.74 bits per heavy atom. The summed E-state index contributed by atoms with van der Waals surface area (Å²) in [4.78, 5) is 13.6. The van der Waals surface area contributed by atoms with Gasteiger partial charge in [0.25, 0.3) is 0 Å². The van der Waals surface area contributed by atoms with E-state index >= 15 is 0 Å². The van der Waals surface area contributed by atoms with Crippen molar-refractivity contribution in [2.45, 2.75) is 43.7 Å². The van der Waals surface area contributed by atoms with Crippen molar-refractivity contribution in [3.8, 4) is 5.75 Å². The number of allylic oxidation sites excluding steroid dienone is 2. The van der Waals surface area contributed by atoms with E-state index < -0.39 is 11.6 Å². The van der Waals surface area contributed by atoms with Gasteiger partial charge >= 0.3 is 5.97 Å². The second-order valence-corrected chi connectivity index (χ2v) is 12.1. The minimum atomic E-state index is -0.906. The number of aromatic carboxylic acids is 1. The molecule has 1 saturated heterocycles. The molecule has 0 amide bonds. The molecule has 0 spiro atoms. The van der Waals surface area contributed by atoms with Crippen LogP contribution in [0.5, 0.6) is 5.75 Å². The molecule has 1 unspecified atom stereocenters. The van der Waals surface area contributed by atoms with E-state index in [4.69, 9.17) is 16.3 Å². The predicted octanol–water partition coefficient (Wildman–Crippen LogP) is 6.38. The predicted molar refractivity (Wildman–Crippen MR) is 171 cm³/mol. The molecule has 6 nitrogen and oxygen atoms in total. The van der Waals surface area contributed by atoms with Crippen LogP contribution in [0.2, 0.25) is 5.02 Å². The highest BCUT2D eigenvalue weighted by Gasteiger charge is 2.34. The smallest absolute Gasteiger partial charge is 0.335 e. The number of rotatable bonds is 8. The maximum Gasteiger partial charge on any atom is 0.335 e. The van der Waals surface area contributed by atoms with Crippen molar-refractivity contribution in [3.05, 3.63) is 130 Å². The van der Waals surface area contributed by atoms with Crippen molar-refractivity contribution in [1.29, 1.82) is 0 Å². The fourth-order valence-electron chi connectivity index (χ4n) is 6.26. The maximum atomic E-state index is 11.3. The number of nitrogens with zero attached hydrogens (tertiary/aromatic N) is 1. The highest BCUT2D eigenvalue weighted by atomic mass is 35.5. The van der Waals surface area contributed by atoms with Crippen LogP contribution in [0.25, 0.3) is 5.57 Å². The highest BCUT2D eigenvalue weighted by Crippen LogP contribution is 2.38. The molecule has 0 bridgehead atoms. The van der Waals surface area contributed by atoms with Crippen LogP contribution in [0, 0.1) is 0 Å². The number of ether oxygens (including phenoxy) is 1. The molecular weight excluding hydrogens is 560 g/mol. The third kappa shape index (κ3) is 6.72. The maximum absolute atomic E-state index is 11.3. The quantitative estimate of drug-likeness (QED) is 0.280. The van der Waals surface area contributed by atoms with Gasteiger partial charge in [-0.25, -0.2) is 4.79 Å². The van der Waals surface area contributed by atoms with E-state index in [1.165, 1.54) is 16.7 Å². The number of piperidine rings is 1. The van der Waals surface area contributed by atoms with Crippen LogP contribution in [-0.2, 0) is 18.4 Å². The van der Waals surface area contributed by atoms with E-state index in [2.05, 4.69) is 46.6 Å². The van der Waals surface area contributed by atoms with Crippen LogP contribution in [0.1, 0.15) is 51.9 Å². The van der Waals surface area contributed by atoms with Gasteiger partial charge in [0.2, 0.25) is 0 Å². The zero-order valence-corrected chi connectivity index (χ0v) is 24.9. The van der Waals surface area contributed by atoms with Crippen LogP contribution in [0.3, 0.4) is 0 Å². The number of fused-ring (bicyclic) bond motifs is 2. The third-order valence-corrected chi connectivity index (χ3v) is 9.11. The summed E-state index contributed by atoms with van der Waals surface area (Å²) in [5.41, 5.74) is 6.32. The first-order chi connectivity index (χ1) is 20.9. The third-order valence-electron chi connectivity index (χ3n) is 8.86. The van der Waals surface area contributed by atoms with Gasteiger partial charge in [-0.2, -0.15) is 0 Å². The lowest BCUT2D eigenvalue weighted by Crippen LogP contribution is -2.42. The molecular formula is C36H37ClN2O4. The molecule has 222 valence electrons. The first-order valence-electron chi connectivity index (χ1n) is 15.0. The standard InChI is InChI=1S/C36H37ClN2O4/c37-29-14-12-28(13-15-29)36(42)17-21-39(22-18-36)20-2-4-30-31-3-1-19-38-33(31)24-43-34-16-9-26(23-32(30)34)6-5-25-7-10-27(11-8-25)35(40)41/h1,3-4,7-16,19,23,33,38,42H,2,5-6,17-18,20-22,24H2,(H,40,41)/b30-4+. The van der Waals surface area contributed by atoms with Crippen molar-refractivity contribution < 1.29 is 19.7 Å². The SMILES string of the molecule is O=C(O)c1ccc(CCc2ccc3c(c2)/C(=C/CCN2CCC(O)(c4ccc(Cl)cc4)CC2)C2=CC=CNC2CO3)cc1. The van der Waals surface area contributed by atoms with Crippen LogP contribution in [0.4, 0.5) is 0 Å². The fraction of sp³-hybridized carbons (Fsp3) is 0.306. The molecule has 3 aliphatic rings. The van der Waals surface area contributed by atoms with Crippen LogP contribution in [-0.4, -0.2) is 53.4 Å². The van der Waals surface area contributed by atoms with E-state index in [9.17, 15) is 15.0 Å². The monoisotopic (exact) mass is 596 g/mol. The van der Waals surface area contributed by atoms with E-state index in [-0.39, 0.29) is 6.04 Å². The molecule has 0 aromatic heterocycles. The molecule has 0 saturated carbocycles. The zero-order valence-electron chi connectivity index (χ0n) is 24.1. The number of carboxylic acids is 1. The normalized spacial score (nSPS) is 20.3. The molecule has 1 atom stereocenters. The fourth-order valence-corrected chi connectivity index (χ4v) is 6.39. The first-order valence-corrected chi connectivity index (χ1v) is 15.4. The Morgan fingerprint density at radius 3 is 2.49 bits per heavy atom. The number of hydrogen-bond donors (Lipinski definition) is 3. The molecule has 0 aliphatic carbocycles. The Kier molecular flexibility index (Phi) is 8.70. The van der Waals surface area contributed by atoms with E-state index in [1.54, 1.807) is 12.1 Å². The lowest BCUT2D eigenvalue weighted by atomic mass is 9.84. The Hall–Kier alpha value is -3.84. The minimum Gasteiger partial charge on any atom is -0.490 e. The van der Waals surface area contributed by atoms with Gasteiger partial charge in [0.15, 0.2) is 0 Å². The van der Waals surface area contributed by atoms with E-state index in [0.29, 0.717) is 30.0 Å². The van der Waals surface area contributed by atoms with Crippen molar-refractivity contribution in [1.82, 2.24) is 10.2 Å². The summed E-state index contributed by atoms with van der Waals surface area (Å²) in [6.07, 6.45) is 12.5.